The van der Waals surface area contributed by atoms with Gasteiger partial charge in [-0.2, -0.15) is 0 Å². The van der Waals surface area contributed by atoms with Crippen molar-refractivity contribution >= 4 is 10.9 Å². The van der Waals surface area contributed by atoms with Crippen LogP contribution in [0.5, 0.6) is 0 Å². The van der Waals surface area contributed by atoms with E-state index in [4.69, 9.17) is 0 Å². The maximum atomic E-state index is 12.8. The molecule has 1 heterocycles. The van der Waals surface area contributed by atoms with Crippen LogP contribution in [-0.2, 0) is 6.54 Å². The summed E-state index contributed by atoms with van der Waals surface area (Å²) in [5, 5.41) is 1.23. The van der Waals surface area contributed by atoms with Gasteiger partial charge in [0.2, 0.25) is 0 Å². The zero-order chi connectivity index (χ0) is 14.4. The van der Waals surface area contributed by atoms with Crippen LogP contribution < -0.4 is 0 Å². The lowest BCUT2D eigenvalue weighted by atomic mass is 10.2. The monoisotopic (exact) mass is 269 g/mol. The standard InChI is InChI=1S/C15H12FN.C3H8/c16-14-7-5-12(6-8-14)11-17-10-9-13-3-1-2-4-15(13)17;1-3-2/h1-10H,11H2;3H2,1-2H3. The molecular formula is C18H20FN. The van der Waals surface area contributed by atoms with Crippen molar-refractivity contribution in [3.8, 4) is 0 Å². The number of nitrogens with zero attached hydrogens (tertiary/aromatic N) is 1. The summed E-state index contributed by atoms with van der Waals surface area (Å²) in [4.78, 5) is 0. The molecule has 0 N–H and O–H groups in total. The average Bonchev–Trinajstić information content (AvgIpc) is 2.86. The third-order valence-corrected chi connectivity index (χ3v) is 2.95. The van der Waals surface area contributed by atoms with E-state index in [9.17, 15) is 4.39 Å². The van der Waals surface area contributed by atoms with E-state index in [1.165, 1.54) is 29.5 Å². The fourth-order valence-electron chi connectivity index (χ4n) is 2.06. The third kappa shape index (κ3) is 3.47. The van der Waals surface area contributed by atoms with Crippen LogP contribution in [0.25, 0.3) is 10.9 Å². The molecule has 2 aromatic carbocycles. The number of halogens is 1. The highest BCUT2D eigenvalue weighted by Gasteiger charge is 2.00. The van der Waals surface area contributed by atoms with Gasteiger partial charge in [-0.05, 0) is 35.2 Å². The highest BCUT2D eigenvalue weighted by Crippen LogP contribution is 2.16. The van der Waals surface area contributed by atoms with E-state index in [1.54, 1.807) is 0 Å². The number of benzene rings is 2. The second-order valence-electron chi connectivity index (χ2n) is 4.84. The Bertz CT molecular complexity index is 652. The molecule has 0 atom stereocenters. The molecule has 3 aromatic rings. The van der Waals surface area contributed by atoms with Crippen LogP contribution in [0.1, 0.15) is 25.8 Å². The Morgan fingerprint density at radius 2 is 1.55 bits per heavy atom. The molecule has 2 heteroatoms. The van der Waals surface area contributed by atoms with Gasteiger partial charge in [0.05, 0.1) is 0 Å². The first-order valence-electron chi connectivity index (χ1n) is 7.03. The van der Waals surface area contributed by atoms with Crippen molar-refractivity contribution < 1.29 is 4.39 Å². The lowest BCUT2D eigenvalue weighted by Crippen LogP contribution is -1.97. The summed E-state index contributed by atoms with van der Waals surface area (Å²) in [7, 11) is 0. The fraction of sp³-hybridized carbons (Fsp3) is 0.222. The van der Waals surface area contributed by atoms with E-state index >= 15 is 0 Å². The second-order valence-corrected chi connectivity index (χ2v) is 4.84. The lowest BCUT2D eigenvalue weighted by molar-refractivity contribution is 0.626. The van der Waals surface area contributed by atoms with E-state index in [1.807, 2.05) is 24.3 Å². The number of hydrogen-bond donors (Lipinski definition) is 0. The molecule has 0 radical (unpaired) electrons. The summed E-state index contributed by atoms with van der Waals surface area (Å²) in [5.41, 5.74) is 2.31. The Morgan fingerprint density at radius 1 is 0.900 bits per heavy atom. The number of hydrogen-bond acceptors (Lipinski definition) is 0. The molecule has 0 aliphatic carbocycles. The van der Waals surface area contributed by atoms with Crippen molar-refractivity contribution in [2.75, 3.05) is 0 Å². The van der Waals surface area contributed by atoms with Gasteiger partial charge in [0.25, 0.3) is 0 Å². The Labute approximate surface area is 119 Å². The molecule has 1 aromatic heterocycles. The minimum atomic E-state index is -0.189. The number of rotatable bonds is 2. The van der Waals surface area contributed by atoms with Gasteiger partial charge in [-0.1, -0.05) is 50.6 Å². The maximum Gasteiger partial charge on any atom is 0.123 e. The number of para-hydroxylation sites is 1. The molecule has 3 rings (SSSR count). The molecule has 0 unspecified atom stereocenters. The molecule has 0 aliphatic heterocycles. The number of fused-ring (bicyclic) bond motifs is 1. The predicted molar refractivity (Wildman–Crippen MR) is 83.4 cm³/mol. The summed E-state index contributed by atoms with van der Waals surface area (Å²) in [6, 6.07) is 17.0. The van der Waals surface area contributed by atoms with Crippen molar-refractivity contribution in [3.63, 3.8) is 0 Å². The summed E-state index contributed by atoms with van der Waals surface area (Å²) >= 11 is 0. The molecule has 0 saturated carbocycles. The van der Waals surface area contributed by atoms with Crippen LogP contribution in [0, 0.1) is 5.82 Å². The molecule has 0 saturated heterocycles. The van der Waals surface area contributed by atoms with E-state index in [-0.39, 0.29) is 5.82 Å². The van der Waals surface area contributed by atoms with Crippen molar-refractivity contribution in [3.05, 3.63) is 72.2 Å². The first-order chi connectivity index (χ1) is 9.74. The van der Waals surface area contributed by atoms with Crippen LogP contribution in [-0.4, -0.2) is 4.57 Å². The summed E-state index contributed by atoms with van der Waals surface area (Å²) in [6.45, 7) is 5.02. The van der Waals surface area contributed by atoms with Crippen LogP contribution in [0.3, 0.4) is 0 Å². The Hall–Kier alpha value is -2.09. The molecule has 104 valence electrons. The van der Waals surface area contributed by atoms with Gasteiger partial charge in [0, 0.05) is 18.3 Å². The van der Waals surface area contributed by atoms with Crippen LogP contribution in [0.2, 0.25) is 0 Å². The smallest absolute Gasteiger partial charge is 0.123 e. The molecule has 0 bridgehead atoms. The molecule has 1 nitrogen and oxygen atoms in total. The van der Waals surface area contributed by atoms with Crippen molar-refractivity contribution in [2.24, 2.45) is 0 Å². The summed E-state index contributed by atoms with van der Waals surface area (Å²) < 4.78 is 15.0. The maximum absolute atomic E-state index is 12.8. The number of aromatic nitrogens is 1. The normalized spacial score (nSPS) is 10.2. The summed E-state index contributed by atoms with van der Waals surface area (Å²) in [6.07, 6.45) is 3.31. The second kappa shape index (κ2) is 6.90. The van der Waals surface area contributed by atoms with Crippen LogP contribution in [0.15, 0.2) is 60.8 Å². The Kier molecular flexibility index (Phi) is 4.94. The Balaban J connectivity index is 0.000000452. The van der Waals surface area contributed by atoms with Gasteiger partial charge in [-0.15, -0.1) is 0 Å². The van der Waals surface area contributed by atoms with Gasteiger partial charge in [0.1, 0.15) is 5.82 Å². The van der Waals surface area contributed by atoms with E-state index in [0.717, 1.165) is 12.1 Å². The van der Waals surface area contributed by atoms with Gasteiger partial charge in [0.15, 0.2) is 0 Å². The average molecular weight is 269 g/mol. The van der Waals surface area contributed by atoms with Crippen molar-refractivity contribution in [2.45, 2.75) is 26.8 Å². The van der Waals surface area contributed by atoms with E-state index in [0.29, 0.717) is 0 Å². The highest BCUT2D eigenvalue weighted by atomic mass is 19.1. The van der Waals surface area contributed by atoms with E-state index < -0.39 is 0 Å². The van der Waals surface area contributed by atoms with Gasteiger partial charge in [-0.3, -0.25) is 0 Å². The molecular weight excluding hydrogens is 249 g/mol. The molecule has 0 spiro atoms. The first-order valence-corrected chi connectivity index (χ1v) is 7.03. The van der Waals surface area contributed by atoms with E-state index in [2.05, 4.69) is 42.8 Å². The third-order valence-electron chi connectivity index (χ3n) is 2.95. The van der Waals surface area contributed by atoms with Gasteiger partial charge >= 0.3 is 0 Å². The minimum absolute atomic E-state index is 0.189. The SMILES string of the molecule is CCC.Fc1ccc(Cn2ccc3ccccc32)cc1. The van der Waals surface area contributed by atoms with Gasteiger partial charge < -0.3 is 4.57 Å². The largest absolute Gasteiger partial charge is 0.343 e. The van der Waals surface area contributed by atoms with Crippen molar-refractivity contribution in [1.29, 1.82) is 0 Å². The highest BCUT2D eigenvalue weighted by molar-refractivity contribution is 5.79. The Morgan fingerprint density at radius 3 is 2.25 bits per heavy atom. The topological polar surface area (TPSA) is 4.93 Å². The minimum Gasteiger partial charge on any atom is -0.343 e. The lowest BCUT2D eigenvalue weighted by Gasteiger charge is -2.05. The zero-order valence-electron chi connectivity index (χ0n) is 12.0. The molecule has 0 aliphatic rings. The van der Waals surface area contributed by atoms with Crippen molar-refractivity contribution in [1.82, 2.24) is 4.57 Å². The fourth-order valence-corrected chi connectivity index (χ4v) is 2.06. The quantitative estimate of drug-likeness (QED) is 0.599. The molecule has 20 heavy (non-hydrogen) atoms. The first kappa shape index (κ1) is 14.3. The van der Waals surface area contributed by atoms with Gasteiger partial charge in [-0.25, -0.2) is 4.39 Å². The molecule has 0 fully saturated rings. The predicted octanol–water partition coefficient (Wildman–Crippen LogP) is 5.25. The zero-order valence-corrected chi connectivity index (χ0v) is 12.0. The summed E-state index contributed by atoms with van der Waals surface area (Å²) in [5.74, 6) is -0.189. The molecule has 0 amide bonds. The van der Waals surface area contributed by atoms with Crippen LogP contribution in [0.4, 0.5) is 4.39 Å². The van der Waals surface area contributed by atoms with Crippen LogP contribution >= 0.6 is 0 Å².